The molecule has 0 unspecified atom stereocenters. The number of nitrogens with one attached hydrogen (secondary N) is 1. The third kappa shape index (κ3) is 4.33. The highest BCUT2D eigenvalue weighted by Crippen LogP contribution is 2.20. The normalized spacial score (nSPS) is 13.9. The van der Waals surface area contributed by atoms with E-state index in [0.717, 1.165) is 12.1 Å². The maximum Gasteiger partial charge on any atom is 0.251 e. The number of carbonyl (C=O) groups is 3. The molecule has 2 aromatic rings. The van der Waals surface area contributed by atoms with Crippen molar-refractivity contribution in [1.82, 2.24) is 10.2 Å². The van der Waals surface area contributed by atoms with Gasteiger partial charge < -0.3 is 10.4 Å². The molecule has 1 heterocycles. The molecule has 0 atom stereocenters. The average molecular weight is 388 g/mol. The smallest absolute Gasteiger partial charge is 0.251 e. The Bertz CT molecular complexity index is 889. The largest absolute Gasteiger partial charge is 0.508 e. The van der Waals surface area contributed by atoms with Gasteiger partial charge in [0.05, 0.1) is 6.54 Å². The summed E-state index contributed by atoms with van der Waals surface area (Å²) in [5, 5.41) is 11.7. The summed E-state index contributed by atoms with van der Waals surface area (Å²) in [7, 11) is 0. The molecule has 8 heteroatoms. The van der Waals surface area contributed by atoms with Crippen LogP contribution in [-0.4, -0.2) is 34.3 Å². The van der Waals surface area contributed by atoms with Gasteiger partial charge in [-0.25, -0.2) is 8.78 Å². The summed E-state index contributed by atoms with van der Waals surface area (Å²) < 4.78 is 27.3. The Morgan fingerprint density at radius 3 is 2.18 bits per heavy atom. The summed E-state index contributed by atoms with van der Waals surface area (Å²) in [5.41, 5.74) is 0.844. The number of rotatable bonds is 6. The number of nitrogens with zero attached hydrogens (tertiary/aromatic N) is 1. The minimum absolute atomic E-state index is 0.00990. The number of halogens is 2. The van der Waals surface area contributed by atoms with Gasteiger partial charge in [0.1, 0.15) is 17.4 Å². The van der Waals surface area contributed by atoms with Crippen LogP contribution in [0, 0.1) is 11.6 Å². The molecule has 1 aliphatic rings. The molecule has 2 aromatic carbocycles. The Labute approximate surface area is 159 Å². The van der Waals surface area contributed by atoms with Crippen molar-refractivity contribution in [2.45, 2.75) is 25.8 Å². The van der Waals surface area contributed by atoms with Crippen LogP contribution in [0.15, 0.2) is 36.4 Å². The van der Waals surface area contributed by atoms with Crippen LogP contribution in [0.25, 0.3) is 0 Å². The number of phenolic OH excluding ortho intramolecular Hbond substituents is 1. The molecule has 0 spiro atoms. The van der Waals surface area contributed by atoms with E-state index < -0.39 is 23.3 Å². The van der Waals surface area contributed by atoms with Gasteiger partial charge in [-0.05, 0) is 24.1 Å². The number of amides is 3. The Hall–Kier alpha value is -3.29. The number of benzene rings is 2. The fourth-order valence-corrected chi connectivity index (χ4v) is 2.97. The second-order valence-electron chi connectivity index (χ2n) is 6.46. The highest BCUT2D eigenvalue weighted by atomic mass is 19.1. The zero-order chi connectivity index (χ0) is 20.3. The van der Waals surface area contributed by atoms with E-state index >= 15 is 0 Å². The Morgan fingerprint density at radius 1 is 1.04 bits per heavy atom. The second-order valence-corrected chi connectivity index (χ2v) is 6.46. The van der Waals surface area contributed by atoms with Crippen LogP contribution in [0.4, 0.5) is 8.78 Å². The number of likely N-dealkylation sites (tertiary alicyclic amines) is 1. The van der Waals surface area contributed by atoms with Gasteiger partial charge in [0.25, 0.3) is 5.91 Å². The molecule has 146 valence electrons. The number of hydrogen-bond donors (Lipinski definition) is 2. The first-order chi connectivity index (χ1) is 13.3. The maximum absolute atomic E-state index is 13.7. The van der Waals surface area contributed by atoms with Crippen molar-refractivity contribution >= 4 is 17.7 Å². The van der Waals surface area contributed by atoms with Crippen molar-refractivity contribution in [3.05, 3.63) is 64.7 Å². The molecule has 0 radical (unpaired) electrons. The van der Waals surface area contributed by atoms with Crippen LogP contribution in [0.3, 0.4) is 0 Å². The third-order valence-corrected chi connectivity index (χ3v) is 4.50. The van der Waals surface area contributed by atoms with Crippen LogP contribution in [0.1, 0.15) is 34.3 Å². The van der Waals surface area contributed by atoms with E-state index in [1.54, 1.807) is 24.3 Å². The van der Waals surface area contributed by atoms with E-state index in [1.165, 1.54) is 4.90 Å². The molecule has 3 rings (SSSR count). The van der Waals surface area contributed by atoms with Gasteiger partial charge in [-0.2, -0.15) is 0 Å². The van der Waals surface area contributed by atoms with Crippen LogP contribution in [0.2, 0.25) is 0 Å². The van der Waals surface area contributed by atoms with E-state index in [2.05, 4.69) is 5.32 Å². The molecule has 6 nitrogen and oxygen atoms in total. The van der Waals surface area contributed by atoms with Crippen molar-refractivity contribution < 1.29 is 28.3 Å². The van der Waals surface area contributed by atoms with Gasteiger partial charge >= 0.3 is 0 Å². The van der Waals surface area contributed by atoms with Crippen LogP contribution in [0.5, 0.6) is 5.75 Å². The lowest BCUT2D eigenvalue weighted by atomic mass is 10.1. The first-order valence-corrected chi connectivity index (χ1v) is 8.72. The molecule has 3 amide bonds. The van der Waals surface area contributed by atoms with Gasteiger partial charge in [0.15, 0.2) is 0 Å². The quantitative estimate of drug-likeness (QED) is 0.744. The highest BCUT2D eigenvalue weighted by Gasteiger charge is 2.28. The van der Waals surface area contributed by atoms with Gasteiger partial charge in [0, 0.05) is 42.6 Å². The average Bonchev–Trinajstić information content (AvgIpc) is 2.96. The fourth-order valence-electron chi connectivity index (χ4n) is 2.97. The molecule has 1 fully saturated rings. The number of carbonyl (C=O) groups excluding carboxylic acids is 3. The van der Waals surface area contributed by atoms with Crippen molar-refractivity contribution in [2.75, 3.05) is 6.54 Å². The highest BCUT2D eigenvalue weighted by molar-refractivity contribution is 6.01. The zero-order valence-corrected chi connectivity index (χ0v) is 14.9. The van der Waals surface area contributed by atoms with Gasteiger partial charge in [-0.3, -0.25) is 19.3 Å². The molecule has 0 saturated carbocycles. The summed E-state index contributed by atoms with van der Waals surface area (Å²) in [5.74, 6) is -3.08. The third-order valence-electron chi connectivity index (χ3n) is 4.50. The number of imide groups is 1. The van der Waals surface area contributed by atoms with Crippen molar-refractivity contribution in [1.29, 1.82) is 0 Å². The first kappa shape index (κ1) is 19.5. The van der Waals surface area contributed by atoms with Gasteiger partial charge in [0.2, 0.25) is 11.8 Å². The second kappa shape index (κ2) is 8.16. The Morgan fingerprint density at radius 2 is 1.61 bits per heavy atom. The Balaban J connectivity index is 1.55. The van der Waals surface area contributed by atoms with Crippen LogP contribution in [-0.2, 0) is 22.6 Å². The van der Waals surface area contributed by atoms with Crippen molar-refractivity contribution in [3.8, 4) is 5.75 Å². The lowest BCUT2D eigenvalue weighted by molar-refractivity contribution is -0.139. The summed E-state index contributed by atoms with van der Waals surface area (Å²) >= 11 is 0. The molecule has 0 aliphatic carbocycles. The Kier molecular flexibility index (Phi) is 5.67. The summed E-state index contributed by atoms with van der Waals surface area (Å²) in [6.07, 6.45) is 0.379. The lowest BCUT2D eigenvalue weighted by Gasteiger charge is -2.14. The van der Waals surface area contributed by atoms with Gasteiger partial charge in [-0.15, -0.1) is 0 Å². The number of aromatic hydroxyl groups is 1. The monoisotopic (exact) mass is 388 g/mol. The molecule has 1 aliphatic heterocycles. The standard InChI is InChI=1S/C20H18F2N2O4/c21-16-9-14(25)10-17(22)15(16)7-8-23-20(28)13-3-1-12(2-4-13)11-24-18(26)5-6-19(24)27/h1-4,9-10,25H,5-8,11H2,(H,23,28). The SMILES string of the molecule is O=C(NCCc1c(F)cc(O)cc1F)c1ccc(CN2C(=O)CCC2=O)cc1. The molecule has 0 aromatic heterocycles. The molecular weight excluding hydrogens is 370 g/mol. The van der Waals surface area contributed by atoms with E-state index in [-0.39, 0.29) is 49.7 Å². The van der Waals surface area contributed by atoms with Crippen LogP contribution < -0.4 is 5.32 Å². The predicted molar refractivity (Wildman–Crippen MR) is 95.3 cm³/mol. The van der Waals surface area contributed by atoms with Crippen molar-refractivity contribution in [2.24, 2.45) is 0 Å². The summed E-state index contributed by atoms with van der Waals surface area (Å²) in [4.78, 5) is 36.6. The zero-order valence-electron chi connectivity index (χ0n) is 14.9. The topological polar surface area (TPSA) is 86.7 Å². The predicted octanol–water partition coefficient (Wildman–Crippen LogP) is 2.29. The molecular formula is C20H18F2N2O4. The summed E-state index contributed by atoms with van der Waals surface area (Å²) in [6, 6.07) is 8.03. The molecule has 28 heavy (non-hydrogen) atoms. The fraction of sp³-hybridized carbons (Fsp3) is 0.250. The molecule has 0 bridgehead atoms. The summed E-state index contributed by atoms with van der Waals surface area (Å²) in [6.45, 7) is 0.176. The number of phenols is 1. The lowest BCUT2D eigenvalue weighted by Crippen LogP contribution is -2.28. The van der Waals surface area contributed by atoms with E-state index in [4.69, 9.17) is 5.11 Å². The molecule has 2 N–H and O–H groups in total. The van der Waals surface area contributed by atoms with Crippen molar-refractivity contribution in [3.63, 3.8) is 0 Å². The van der Waals surface area contributed by atoms with Crippen LogP contribution >= 0.6 is 0 Å². The minimum Gasteiger partial charge on any atom is -0.508 e. The van der Waals surface area contributed by atoms with E-state index in [0.29, 0.717) is 11.1 Å². The molecule has 1 saturated heterocycles. The minimum atomic E-state index is -0.873. The number of hydrogen-bond acceptors (Lipinski definition) is 4. The first-order valence-electron chi connectivity index (χ1n) is 8.72. The van der Waals surface area contributed by atoms with Gasteiger partial charge in [-0.1, -0.05) is 12.1 Å². The maximum atomic E-state index is 13.7. The van der Waals surface area contributed by atoms with E-state index in [1.807, 2.05) is 0 Å². The van der Waals surface area contributed by atoms with E-state index in [9.17, 15) is 23.2 Å².